The van der Waals surface area contributed by atoms with Crippen molar-refractivity contribution in [2.75, 3.05) is 37.0 Å². The maximum Gasteiger partial charge on any atom is 1.00 e. The Labute approximate surface area is 265 Å². The minimum Gasteiger partial charge on any atom is -1.00 e. The molecule has 0 aliphatic carbocycles. The molecule has 3 unspecified atom stereocenters. The first kappa shape index (κ1) is 32.6. The molecule has 2 aromatic carbocycles. The van der Waals surface area contributed by atoms with Crippen LogP contribution in [0.2, 0.25) is 0 Å². The molecule has 6 rings (SSSR count). The molecular formula is C32H43BN4NaO2. The number of hydrogen-bond donors (Lipinski definition) is 1. The number of hydrogen-bond acceptors (Lipinski definition) is 4. The van der Waals surface area contributed by atoms with Crippen LogP contribution in [0.5, 0.6) is 0 Å². The van der Waals surface area contributed by atoms with Crippen molar-refractivity contribution in [1.82, 2.24) is 5.32 Å². The van der Waals surface area contributed by atoms with Crippen LogP contribution in [0.25, 0.3) is 0 Å². The van der Waals surface area contributed by atoms with Crippen LogP contribution in [-0.4, -0.2) is 53.1 Å². The zero-order valence-electron chi connectivity index (χ0n) is 26.0. The van der Waals surface area contributed by atoms with Crippen molar-refractivity contribution in [3.05, 3.63) is 58.7 Å². The number of fused-ring (bicyclic) bond motifs is 2. The molecule has 0 saturated carbocycles. The first-order valence-corrected chi connectivity index (χ1v) is 14.4. The van der Waals surface area contributed by atoms with Crippen LogP contribution >= 0.6 is 0 Å². The molecule has 6 nitrogen and oxygen atoms in total. The third-order valence-electron chi connectivity index (χ3n) is 8.73. The molecule has 0 aromatic heterocycles. The molecule has 1 saturated heterocycles. The summed E-state index contributed by atoms with van der Waals surface area (Å²) in [6.45, 7) is 6.62. The van der Waals surface area contributed by atoms with Crippen molar-refractivity contribution >= 4 is 37.3 Å². The van der Waals surface area contributed by atoms with Crippen molar-refractivity contribution in [3.8, 4) is 0 Å². The van der Waals surface area contributed by atoms with Gasteiger partial charge < -0.3 is 16.5 Å². The Kier molecular flexibility index (Phi) is 11.7. The van der Waals surface area contributed by atoms with E-state index in [0.717, 1.165) is 49.6 Å². The molecule has 4 aliphatic rings. The molecular weight excluding hydrogens is 506 g/mol. The zero-order chi connectivity index (χ0) is 26.8. The molecule has 4 aliphatic heterocycles. The van der Waals surface area contributed by atoms with Gasteiger partial charge in [0, 0.05) is 65.0 Å². The molecule has 4 heterocycles. The van der Waals surface area contributed by atoms with Crippen LogP contribution in [0.4, 0.5) is 11.4 Å². The first-order valence-electron chi connectivity index (χ1n) is 14.4. The van der Waals surface area contributed by atoms with Crippen molar-refractivity contribution in [1.29, 1.82) is 0 Å². The van der Waals surface area contributed by atoms with E-state index in [0.29, 0.717) is 24.8 Å². The van der Waals surface area contributed by atoms with Gasteiger partial charge in [-0.15, -0.1) is 0 Å². The number of benzene rings is 2. The van der Waals surface area contributed by atoms with E-state index in [1.54, 1.807) is 9.80 Å². The summed E-state index contributed by atoms with van der Waals surface area (Å²) in [6, 6.07) is 13.5. The van der Waals surface area contributed by atoms with Crippen LogP contribution in [0.1, 0.15) is 82.1 Å². The van der Waals surface area contributed by atoms with Gasteiger partial charge >= 0.3 is 29.6 Å². The number of nitrogens with zero attached hydrogens (tertiary/aromatic N) is 3. The van der Waals surface area contributed by atoms with E-state index in [2.05, 4.69) is 55.6 Å². The van der Waals surface area contributed by atoms with E-state index < -0.39 is 0 Å². The van der Waals surface area contributed by atoms with Crippen LogP contribution in [0, 0.1) is 11.8 Å². The normalized spacial score (nSPS) is 23.9. The zero-order valence-corrected chi connectivity index (χ0v) is 27.0. The molecule has 2 aromatic rings. The molecule has 0 bridgehead atoms. The maximum atomic E-state index is 11.7. The third kappa shape index (κ3) is 7.28. The Bertz CT molecular complexity index is 1250. The van der Waals surface area contributed by atoms with Crippen molar-refractivity contribution in [2.45, 2.75) is 71.3 Å². The Balaban J connectivity index is 0.000000267. The predicted octanol–water partition coefficient (Wildman–Crippen LogP) is 2.21. The number of rotatable bonds is 2. The maximum absolute atomic E-state index is 11.7. The average molecular weight is 550 g/mol. The summed E-state index contributed by atoms with van der Waals surface area (Å²) < 4.78 is 0. The van der Waals surface area contributed by atoms with Gasteiger partial charge in [-0.05, 0) is 97.4 Å². The number of aliphatic imine (C=N–C) groups is 1. The average Bonchev–Trinajstić information content (AvgIpc) is 2.94. The number of nitrogens with one attached hydrogen (secondary N) is 1. The minimum atomic E-state index is 0. The third-order valence-corrected chi connectivity index (χ3v) is 8.73. The molecule has 1 fully saturated rings. The second-order valence-electron chi connectivity index (χ2n) is 11.7. The fraction of sp³-hybridized carbons (Fsp3) is 0.531. The number of anilines is 2. The fourth-order valence-electron chi connectivity index (χ4n) is 6.07. The van der Waals surface area contributed by atoms with Crippen molar-refractivity contribution < 1.29 is 40.6 Å². The van der Waals surface area contributed by atoms with Gasteiger partial charge in [0.25, 0.3) is 0 Å². The molecule has 207 valence electrons. The second-order valence-corrected chi connectivity index (χ2v) is 11.7. The predicted molar refractivity (Wildman–Crippen MR) is 162 cm³/mol. The summed E-state index contributed by atoms with van der Waals surface area (Å²) in [5.74, 6) is 1.94. The number of amides is 2. The SMILES string of the molecule is CC1CCC(c2ccc3c(c2)CCC(=O)N3C)=NC1.CC1CCC(c2ccc3c(c2)CCC(=O)N3C)NC1.[B].[H-].[Na+]. The van der Waals surface area contributed by atoms with Gasteiger partial charge in [0.15, 0.2) is 0 Å². The molecule has 1 N–H and O–H groups in total. The van der Waals surface area contributed by atoms with Crippen LogP contribution in [0.3, 0.4) is 0 Å². The van der Waals surface area contributed by atoms with Gasteiger partial charge in [-0.1, -0.05) is 32.0 Å². The molecule has 0 spiro atoms. The summed E-state index contributed by atoms with van der Waals surface area (Å²) in [6.07, 6.45) is 7.83. The van der Waals surface area contributed by atoms with Gasteiger partial charge in [0.2, 0.25) is 11.8 Å². The Morgan fingerprint density at radius 2 is 1.43 bits per heavy atom. The first-order chi connectivity index (χ1) is 18.3. The summed E-state index contributed by atoms with van der Waals surface area (Å²) in [5.41, 5.74) is 8.61. The topological polar surface area (TPSA) is 65.0 Å². The number of carbonyl (C=O) groups excluding carboxylic acids is 2. The molecule has 2 amide bonds. The van der Waals surface area contributed by atoms with E-state index in [4.69, 9.17) is 4.99 Å². The van der Waals surface area contributed by atoms with Crippen molar-refractivity contribution in [2.24, 2.45) is 16.8 Å². The summed E-state index contributed by atoms with van der Waals surface area (Å²) in [5, 5.41) is 3.63. The number of aryl methyl sites for hydroxylation is 2. The van der Waals surface area contributed by atoms with E-state index in [-0.39, 0.29) is 51.2 Å². The monoisotopic (exact) mass is 549 g/mol. The molecule has 3 atom stereocenters. The quantitative estimate of drug-likeness (QED) is 0.585. The van der Waals surface area contributed by atoms with Gasteiger partial charge in [0.05, 0.1) is 0 Å². The summed E-state index contributed by atoms with van der Waals surface area (Å²) >= 11 is 0. The summed E-state index contributed by atoms with van der Waals surface area (Å²) in [4.78, 5) is 31.6. The second kappa shape index (κ2) is 14.3. The smallest absolute Gasteiger partial charge is 1.00 e. The number of carbonyl (C=O) groups is 2. The van der Waals surface area contributed by atoms with Gasteiger partial charge in [-0.25, -0.2) is 0 Å². The van der Waals surface area contributed by atoms with E-state index in [1.165, 1.54) is 47.2 Å². The van der Waals surface area contributed by atoms with E-state index in [1.807, 2.05) is 14.1 Å². The van der Waals surface area contributed by atoms with E-state index >= 15 is 0 Å². The molecule has 3 radical (unpaired) electrons. The van der Waals surface area contributed by atoms with Crippen molar-refractivity contribution in [3.63, 3.8) is 0 Å². The molecule has 8 heteroatoms. The van der Waals surface area contributed by atoms with Crippen LogP contribution in [-0.2, 0) is 22.4 Å². The standard InChI is InChI=1S/C16H22N2O.C16H20N2O.B.Na.H/c2*1-11-3-6-14(17-10-11)12-4-7-15-13(9-12)5-8-16(19)18(15)2;;;/h4,7,9,11,14,17H,3,5-6,8,10H2,1-2H3;4,7,9,11H,3,5-6,8,10H2,1-2H3;;;/q;;;+1;-1. The van der Waals surface area contributed by atoms with Crippen LogP contribution in [0.15, 0.2) is 41.4 Å². The van der Waals surface area contributed by atoms with Gasteiger partial charge in [0.1, 0.15) is 0 Å². The Hall–Kier alpha value is -1.93. The van der Waals surface area contributed by atoms with Crippen LogP contribution < -0.4 is 44.7 Å². The van der Waals surface area contributed by atoms with Gasteiger partial charge in [-0.3, -0.25) is 14.6 Å². The van der Waals surface area contributed by atoms with E-state index in [9.17, 15) is 9.59 Å². The van der Waals surface area contributed by atoms with Gasteiger partial charge in [-0.2, -0.15) is 0 Å². The molecule has 40 heavy (non-hydrogen) atoms. The number of piperidine rings is 1. The fourth-order valence-corrected chi connectivity index (χ4v) is 6.07. The minimum absolute atomic E-state index is 0. The summed E-state index contributed by atoms with van der Waals surface area (Å²) in [7, 11) is 3.74. The Morgan fingerprint density at radius 3 is 2.00 bits per heavy atom. The Morgan fingerprint density at radius 1 is 0.800 bits per heavy atom. The largest absolute Gasteiger partial charge is 1.00 e.